The van der Waals surface area contributed by atoms with Gasteiger partial charge >= 0.3 is 29.8 Å². The summed E-state index contributed by atoms with van der Waals surface area (Å²) < 4.78 is 69.3. The van der Waals surface area contributed by atoms with Gasteiger partial charge in [-0.3, -0.25) is 24.0 Å². The molecule has 0 aliphatic carbocycles. The molecule has 0 heterocycles. The van der Waals surface area contributed by atoms with Crippen LogP contribution in [0.1, 0.15) is 51.9 Å². The summed E-state index contributed by atoms with van der Waals surface area (Å²) in [6, 6.07) is 0. The molecule has 0 fully saturated rings. The van der Waals surface area contributed by atoms with Crippen molar-refractivity contribution in [2.45, 2.75) is 76.3 Å². The molecule has 0 saturated carbocycles. The molecule has 0 aliphatic heterocycles. The molecular formula is C37H66O17S5. The first-order valence-electron chi connectivity index (χ1n) is 19.7. The Morgan fingerprint density at radius 3 is 1.05 bits per heavy atom. The van der Waals surface area contributed by atoms with Crippen LogP contribution in [0.5, 0.6) is 0 Å². The van der Waals surface area contributed by atoms with Crippen molar-refractivity contribution in [3.63, 3.8) is 0 Å². The topological polar surface area (TPSA) is 196 Å². The fraction of sp³-hybridized carbons (Fsp3) is 0.865. The van der Waals surface area contributed by atoms with Crippen LogP contribution in [0.2, 0.25) is 0 Å². The second kappa shape index (κ2) is 42.1. The van der Waals surface area contributed by atoms with E-state index < -0.39 is 48.3 Å². The zero-order valence-electron chi connectivity index (χ0n) is 34.1. The summed E-state index contributed by atoms with van der Waals surface area (Å²) in [5.41, 5.74) is 0. The van der Waals surface area contributed by atoms with Crippen LogP contribution < -0.4 is 0 Å². The van der Waals surface area contributed by atoms with E-state index in [1.54, 1.807) is 0 Å². The Kier molecular flexibility index (Phi) is 41.3. The highest BCUT2D eigenvalue weighted by Crippen LogP contribution is 2.20. The molecule has 22 heteroatoms. The highest BCUT2D eigenvalue weighted by Gasteiger charge is 2.39. The number of carbonyl (C=O) groups excluding carboxylic acids is 5. The number of carbonyl (C=O) groups is 5. The van der Waals surface area contributed by atoms with Crippen molar-refractivity contribution in [1.82, 2.24) is 0 Å². The lowest BCUT2D eigenvalue weighted by molar-refractivity contribution is -0.207. The number of ether oxygens (including phenoxy) is 12. The van der Waals surface area contributed by atoms with Crippen molar-refractivity contribution in [2.75, 3.05) is 128 Å². The predicted octanol–water partition coefficient (Wildman–Crippen LogP) is 2.69. The van der Waals surface area contributed by atoms with Gasteiger partial charge in [-0.25, -0.2) is 0 Å². The number of thiol groups is 5. The molecular weight excluding hydrogens is 877 g/mol. The molecule has 0 aromatic heterocycles. The number of hydrogen-bond donors (Lipinski definition) is 5. The molecule has 0 rings (SSSR count). The fourth-order valence-corrected chi connectivity index (χ4v) is 5.48. The van der Waals surface area contributed by atoms with Gasteiger partial charge in [-0.05, 0) is 18.6 Å². The molecule has 0 aromatic rings. The summed E-state index contributed by atoms with van der Waals surface area (Å²) in [5, 5.41) is 0. The summed E-state index contributed by atoms with van der Waals surface area (Å²) in [4.78, 5) is 60.2. The Morgan fingerprint density at radius 1 is 0.373 bits per heavy atom. The molecule has 17 nitrogen and oxygen atoms in total. The minimum atomic E-state index is -1.06. The predicted molar refractivity (Wildman–Crippen MR) is 233 cm³/mol. The molecule has 4 unspecified atom stereocenters. The first-order valence-corrected chi connectivity index (χ1v) is 22.8. The van der Waals surface area contributed by atoms with E-state index in [-0.39, 0.29) is 131 Å². The van der Waals surface area contributed by atoms with Gasteiger partial charge in [0.25, 0.3) is 0 Å². The second-order valence-corrected chi connectivity index (χ2v) is 14.3. The van der Waals surface area contributed by atoms with Gasteiger partial charge in [-0.2, -0.15) is 63.1 Å². The molecule has 4 atom stereocenters. The van der Waals surface area contributed by atoms with Crippen molar-refractivity contribution >= 4 is 93.0 Å². The monoisotopic (exact) mass is 942 g/mol. The molecule has 0 aromatic carbocycles. The van der Waals surface area contributed by atoms with E-state index in [4.69, 9.17) is 56.8 Å². The summed E-state index contributed by atoms with van der Waals surface area (Å²) in [5.74, 6) is -0.311. The summed E-state index contributed by atoms with van der Waals surface area (Å²) >= 11 is 20.5. The zero-order chi connectivity index (χ0) is 43.8. The lowest BCUT2D eigenvalue weighted by Gasteiger charge is -2.37. The number of hydrogen-bond acceptors (Lipinski definition) is 22. The maximum absolute atomic E-state index is 12.2. The van der Waals surface area contributed by atoms with E-state index in [1.165, 1.54) is 0 Å². The average Bonchev–Trinajstić information content (AvgIpc) is 3.20. The molecule has 0 saturated heterocycles. The molecule has 0 radical (unpaired) electrons. The maximum Gasteiger partial charge on any atom is 0.306 e. The standard InChI is InChI=1S/C37H66O17S5/c1-2-4-31(38)48-13-11-44-28-30(47-17-19-51-34(41)7-25-58)37(54-21-20-52-35(42)8-26-59)36(53-15-10-43-9-3-22-55)29(46-16-18-50-33(40)6-24-57)27-45-12-14-49-32(39)5-23-56/h29-30,36-37,55-59H,2-28H2,1H3. The lowest BCUT2D eigenvalue weighted by Crippen LogP contribution is -2.53. The number of rotatable bonds is 42. The molecule has 59 heavy (non-hydrogen) atoms. The highest BCUT2D eigenvalue weighted by molar-refractivity contribution is 7.80. The first-order chi connectivity index (χ1) is 28.7. The van der Waals surface area contributed by atoms with Gasteiger partial charge in [0.05, 0.1) is 85.1 Å². The van der Waals surface area contributed by atoms with Crippen molar-refractivity contribution in [2.24, 2.45) is 0 Å². The Labute approximate surface area is 376 Å². The average molecular weight is 943 g/mol. The van der Waals surface area contributed by atoms with Crippen LogP contribution in [0.15, 0.2) is 0 Å². The normalized spacial score (nSPS) is 13.3. The summed E-state index contributed by atoms with van der Waals surface area (Å²) in [6.45, 7) is 1.59. The highest BCUT2D eigenvalue weighted by atomic mass is 32.1. The van der Waals surface area contributed by atoms with E-state index in [9.17, 15) is 24.0 Å². The van der Waals surface area contributed by atoms with Crippen LogP contribution in [0, 0.1) is 0 Å². The van der Waals surface area contributed by atoms with Crippen molar-refractivity contribution in [3.05, 3.63) is 0 Å². The molecule has 0 spiro atoms. The zero-order valence-corrected chi connectivity index (χ0v) is 38.5. The molecule has 346 valence electrons. The fourth-order valence-electron chi connectivity index (χ4n) is 4.62. The van der Waals surface area contributed by atoms with Crippen LogP contribution in [0.25, 0.3) is 0 Å². The van der Waals surface area contributed by atoms with Crippen LogP contribution in [-0.2, 0) is 80.8 Å². The Morgan fingerprint density at radius 2 is 0.695 bits per heavy atom. The minimum Gasteiger partial charge on any atom is -0.463 e. The van der Waals surface area contributed by atoms with Crippen LogP contribution in [0.4, 0.5) is 0 Å². The Hall–Kier alpha value is -1.18. The third-order valence-electron chi connectivity index (χ3n) is 7.32. The SMILES string of the molecule is CCCC(=O)OCCOCC(OCCOC(=O)CCS)C(OCCOC(=O)CCS)C(OCCOCCCS)C(COCCOC(=O)CCS)OCCOC(=O)CCS. The van der Waals surface area contributed by atoms with Crippen molar-refractivity contribution in [1.29, 1.82) is 0 Å². The smallest absolute Gasteiger partial charge is 0.306 e. The first kappa shape index (κ1) is 57.8. The van der Waals surface area contributed by atoms with Gasteiger partial charge in [0.2, 0.25) is 0 Å². The maximum atomic E-state index is 12.2. The molecule has 0 N–H and O–H groups in total. The third-order valence-corrected chi connectivity index (χ3v) is 8.53. The van der Waals surface area contributed by atoms with E-state index in [0.717, 1.165) is 0 Å². The van der Waals surface area contributed by atoms with Gasteiger partial charge in [0.15, 0.2) is 0 Å². The van der Waals surface area contributed by atoms with Gasteiger partial charge in [0.1, 0.15) is 57.5 Å². The largest absolute Gasteiger partial charge is 0.463 e. The van der Waals surface area contributed by atoms with E-state index in [2.05, 4.69) is 63.1 Å². The van der Waals surface area contributed by atoms with Crippen LogP contribution in [0.3, 0.4) is 0 Å². The van der Waals surface area contributed by atoms with Crippen LogP contribution >= 0.6 is 63.1 Å². The molecule has 0 amide bonds. The minimum absolute atomic E-state index is 0.00127. The third kappa shape index (κ3) is 34.0. The number of esters is 5. The summed E-state index contributed by atoms with van der Waals surface area (Å²) in [7, 11) is 0. The quantitative estimate of drug-likeness (QED) is 0.0259. The lowest BCUT2D eigenvalue weighted by atomic mass is 10.0. The Balaban J connectivity index is 6.69. The van der Waals surface area contributed by atoms with Crippen molar-refractivity contribution < 1.29 is 80.8 Å². The van der Waals surface area contributed by atoms with Gasteiger partial charge < -0.3 is 56.8 Å². The van der Waals surface area contributed by atoms with E-state index in [0.29, 0.717) is 48.2 Å². The molecule has 0 bridgehead atoms. The molecule has 0 aliphatic rings. The second-order valence-electron chi connectivity index (χ2n) is 12.1. The van der Waals surface area contributed by atoms with Gasteiger partial charge in [-0.15, -0.1) is 0 Å². The van der Waals surface area contributed by atoms with Gasteiger partial charge in [-0.1, -0.05) is 6.92 Å². The van der Waals surface area contributed by atoms with Crippen LogP contribution in [-0.4, -0.2) is 182 Å². The van der Waals surface area contributed by atoms with E-state index >= 15 is 0 Å². The Bertz CT molecular complexity index is 1080. The van der Waals surface area contributed by atoms with Crippen molar-refractivity contribution in [3.8, 4) is 0 Å². The van der Waals surface area contributed by atoms with E-state index in [1.807, 2.05) is 6.92 Å². The summed E-state index contributed by atoms with van der Waals surface area (Å²) in [6.07, 6.45) is -1.95. The van der Waals surface area contributed by atoms with Gasteiger partial charge in [0, 0.05) is 36.0 Å².